The summed E-state index contributed by atoms with van der Waals surface area (Å²) >= 11 is 5.01. The second-order valence-electron chi connectivity index (χ2n) is 4.03. The molecule has 0 atom stereocenters. The van der Waals surface area contributed by atoms with Gasteiger partial charge in [-0.3, -0.25) is 4.79 Å². The van der Waals surface area contributed by atoms with Crippen molar-refractivity contribution in [2.24, 2.45) is 0 Å². The van der Waals surface area contributed by atoms with Crippen LogP contribution >= 0.6 is 27.3 Å². The first-order chi connectivity index (χ1) is 9.67. The minimum atomic E-state index is 0.367. The Morgan fingerprint density at radius 3 is 2.85 bits per heavy atom. The van der Waals surface area contributed by atoms with E-state index in [0.29, 0.717) is 28.1 Å². The summed E-state index contributed by atoms with van der Waals surface area (Å²) in [5.41, 5.74) is 1.42. The molecule has 0 radical (unpaired) electrons. The summed E-state index contributed by atoms with van der Waals surface area (Å²) in [5.74, 6) is 1.09. The molecule has 2 aromatic rings. The number of carbonyl (C=O) groups is 1. The van der Waals surface area contributed by atoms with Crippen molar-refractivity contribution in [3.63, 3.8) is 0 Å². The fourth-order valence-corrected chi connectivity index (χ4v) is 2.98. The fraction of sp³-hybridized carbons (Fsp3) is 0.286. The molecular formula is C14H14BrNO3S. The van der Waals surface area contributed by atoms with Crippen LogP contribution in [0.25, 0.3) is 0 Å². The Kier molecular flexibility index (Phi) is 5.14. The van der Waals surface area contributed by atoms with Crippen molar-refractivity contribution in [3.05, 3.63) is 38.3 Å². The minimum absolute atomic E-state index is 0.367. The smallest absolute Gasteiger partial charge is 0.175 e. The summed E-state index contributed by atoms with van der Waals surface area (Å²) in [6, 6.07) is 3.34. The van der Waals surface area contributed by atoms with Crippen molar-refractivity contribution in [1.29, 1.82) is 0 Å². The van der Waals surface area contributed by atoms with Crippen LogP contribution in [0.3, 0.4) is 0 Å². The number of hydrogen-bond donors (Lipinski definition) is 0. The molecule has 2 rings (SSSR count). The number of nitrogens with zero attached hydrogens (tertiary/aromatic N) is 1. The fourth-order valence-electron chi connectivity index (χ4n) is 1.67. The van der Waals surface area contributed by atoms with Gasteiger partial charge in [-0.15, -0.1) is 11.3 Å². The summed E-state index contributed by atoms with van der Waals surface area (Å²) in [5, 5.41) is 3.07. The van der Waals surface area contributed by atoms with E-state index in [1.165, 1.54) is 0 Å². The lowest BCUT2D eigenvalue weighted by atomic mass is 10.2. The zero-order valence-corrected chi connectivity index (χ0v) is 13.6. The minimum Gasteiger partial charge on any atom is -0.493 e. The highest BCUT2D eigenvalue weighted by Crippen LogP contribution is 2.36. The van der Waals surface area contributed by atoms with Crippen LogP contribution in [-0.2, 0) is 13.0 Å². The molecule has 0 N–H and O–H groups in total. The largest absolute Gasteiger partial charge is 0.493 e. The molecule has 4 nitrogen and oxygen atoms in total. The van der Waals surface area contributed by atoms with Crippen molar-refractivity contribution in [1.82, 2.24) is 4.98 Å². The topological polar surface area (TPSA) is 48.4 Å². The highest BCUT2D eigenvalue weighted by molar-refractivity contribution is 9.10. The van der Waals surface area contributed by atoms with Crippen LogP contribution in [0.15, 0.2) is 22.0 Å². The predicted molar refractivity (Wildman–Crippen MR) is 81.9 cm³/mol. The molecule has 0 saturated heterocycles. The van der Waals surface area contributed by atoms with Gasteiger partial charge in [-0.05, 0) is 34.5 Å². The summed E-state index contributed by atoms with van der Waals surface area (Å²) in [7, 11) is 1.54. The third-order valence-electron chi connectivity index (χ3n) is 2.65. The maximum absolute atomic E-state index is 10.8. The first-order valence-corrected chi connectivity index (χ1v) is 7.74. The first-order valence-electron chi connectivity index (χ1n) is 6.06. The quantitative estimate of drug-likeness (QED) is 0.738. The van der Waals surface area contributed by atoms with E-state index in [1.807, 2.05) is 5.38 Å². The molecule has 106 valence electrons. The van der Waals surface area contributed by atoms with Crippen molar-refractivity contribution in [3.8, 4) is 11.5 Å². The molecule has 20 heavy (non-hydrogen) atoms. The van der Waals surface area contributed by atoms with Gasteiger partial charge in [-0.2, -0.15) is 0 Å². The number of carbonyl (C=O) groups excluding carboxylic acids is 1. The second kappa shape index (κ2) is 6.85. The summed E-state index contributed by atoms with van der Waals surface area (Å²) in [6.07, 6.45) is 1.69. The van der Waals surface area contributed by atoms with Gasteiger partial charge < -0.3 is 9.47 Å². The highest BCUT2D eigenvalue weighted by Gasteiger charge is 2.12. The van der Waals surface area contributed by atoms with E-state index in [1.54, 1.807) is 30.6 Å². The highest BCUT2D eigenvalue weighted by atomic mass is 79.9. The van der Waals surface area contributed by atoms with Gasteiger partial charge in [0.25, 0.3) is 0 Å². The first kappa shape index (κ1) is 15.0. The number of ether oxygens (including phenoxy) is 2. The van der Waals surface area contributed by atoms with Crippen LogP contribution in [0, 0.1) is 0 Å². The molecule has 6 heteroatoms. The number of halogens is 1. The van der Waals surface area contributed by atoms with E-state index in [-0.39, 0.29) is 0 Å². The van der Waals surface area contributed by atoms with Gasteiger partial charge >= 0.3 is 0 Å². The number of thiazole rings is 1. The molecule has 1 heterocycles. The molecule has 0 unspecified atom stereocenters. The SMILES string of the molecule is CCc1nc(COc2c(Br)cc(C=O)cc2OC)cs1. The molecule has 1 aromatic carbocycles. The normalized spacial score (nSPS) is 10.3. The molecule has 0 aliphatic carbocycles. The van der Waals surface area contributed by atoms with E-state index in [2.05, 4.69) is 27.8 Å². The number of hydrogen-bond acceptors (Lipinski definition) is 5. The molecule has 1 aromatic heterocycles. The lowest BCUT2D eigenvalue weighted by molar-refractivity contribution is 0.112. The number of aryl methyl sites for hydroxylation is 1. The average Bonchev–Trinajstić information content (AvgIpc) is 2.93. The zero-order chi connectivity index (χ0) is 14.5. The Hall–Kier alpha value is -1.40. The summed E-state index contributed by atoms with van der Waals surface area (Å²) < 4.78 is 11.7. The lowest BCUT2D eigenvalue weighted by Gasteiger charge is -2.12. The van der Waals surface area contributed by atoms with Gasteiger partial charge in [-0.1, -0.05) is 6.92 Å². The molecule has 0 saturated carbocycles. The molecule has 0 bridgehead atoms. The van der Waals surface area contributed by atoms with Crippen LogP contribution in [0.4, 0.5) is 0 Å². The molecule has 0 aliphatic rings. The van der Waals surface area contributed by atoms with Crippen LogP contribution < -0.4 is 9.47 Å². The number of benzene rings is 1. The van der Waals surface area contributed by atoms with E-state index < -0.39 is 0 Å². The molecule has 0 aliphatic heterocycles. The van der Waals surface area contributed by atoms with E-state index >= 15 is 0 Å². The summed E-state index contributed by atoms with van der Waals surface area (Å²) in [6.45, 7) is 2.44. The Morgan fingerprint density at radius 2 is 2.25 bits per heavy atom. The average molecular weight is 356 g/mol. The predicted octanol–water partition coefficient (Wildman–Crippen LogP) is 3.87. The zero-order valence-electron chi connectivity index (χ0n) is 11.2. The number of rotatable bonds is 6. The monoisotopic (exact) mass is 355 g/mol. The van der Waals surface area contributed by atoms with Crippen molar-refractivity contribution in [2.45, 2.75) is 20.0 Å². The van der Waals surface area contributed by atoms with Crippen LogP contribution in [0.1, 0.15) is 28.0 Å². The van der Waals surface area contributed by atoms with Crippen molar-refractivity contribution < 1.29 is 14.3 Å². The third kappa shape index (κ3) is 3.37. The van der Waals surface area contributed by atoms with Gasteiger partial charge in [0.2, 0.25) is 0 Å². The number of methoxy groups -OCH3 is 1. The van der Waals surface area contributed by atoms with Gasteiger partial charge in [0.1, 0.15) is 12.9 Å². The maximum atomic E-state index is 10.8. The Balaban J connectivity index is 2.18. The summed E-state index contributed by atoms with van der Waals surface area (Å²) in [4.78, 5) is 15.3. The molecule has 0 amide bonds. The van der Waals surface area contributed by atoms with Crippen LogP contribution in [-0.4, -0.2) is 18.4 Å². The van der Waals surface area contributed by atoms with E-state index in [9.17, 15) is 4.79 Å². The number of aromatic nitrogens is 1. The van der Waals surface area contributed by atoms with E-state index in [0.717, 1.165) is 23.4 Å². The third-order valence-corrected chi connectivity index (χ3v) is 4.29. The lowest BCUT2D eigenvalue weighted by Crippen LogP contribution is -2.00. The van der Waals surface area contributed by atoms with Gasteiger partial charge in [-0.25, -0.2) is 4.98 Å². The van der Waals surface area contributed by atoms with Crippen molar-refractivity contribution >= 4 is 33.6 Å². The van der Waals surface area contributed by atoms with E-state index in [4.69, 9.17) is 9.47 Å². The van der Waals surface area contributed by atoms with Crippen LogP contribution in [0.2, 0.25) is 0 Å². The Labute approximate surface area is 129 Å². The molecule has 0 fully saturated rings. The van der Waals surface area contributed by atoms with Gasteiger partial charge in [0, 0.05) is 10.9 Å². The molecule has 0 spiro atoms. The number of aldehydes is 1. The Bertz CT molecular complexity index is 612. The molecular weight excluding hydrogens is 342 g/mol. The standard InChI is InChI=1S/C14H14BrNO3S/c1-3-13-16-10(8-20-13)7-19-14-11(15)4-9(6-17)5-12(14)18-2/h4-6,8H,3,7H2,1-2H3. The van der Waals surface area contributed by atoms with Gasteiger partial charge in [0.05, 0.1) is 22.3 Å². The maximum Gasteiger partial charge on any atom is 0.175 e. The van der Waals surface area contributed by atoms with Crippen LogP contribution in [0.5, 0.6) is 11.5 Å². The Morgan fingerprint density at radius 1 is 1.45 bits per heavy atom. The van der Waals surface area contributed by atoms with Crippen molar-refractivity contribution in [2.75, 3.05) is 7.11 Å². The second-order valence-corrected chi connectivity index (χ2v) is 5.82. The van der Waals surface area contributed by atoms with Gasteiger partial charge in [0.15, 0.2) is 11.5 Å².